The summed E-state index contributed by atoms with van der Waals surface area (Å²) >= 11 is 0. The van der Waals surface area contributed by atoms with Crippen molar-refractivity contribution in [3.8, 4) is 0 Å². The number of nitrogens with zero attached hydrogens (tertiary/aromatic N) is 1. The van der Waals surface area contributed by atoms with Gasteiger partial charge in [-0.15, -0.1) is 0 Å². The molecule has 0 aromatic rings. The second-order valence-electron chi connectivity index (χ2n) is 7.62. The lowest BCUT2D eigenvalue weighted by molar-refractivity contribution is -0.101. The van der Waals surface area contributed by atoms with Crippen molar-refractivity contribution in [2.45, 2.75) is 51.6 Å². The number of rotatable bonds is 1. The van der Waals surface area contributed by atoms with Crippen LogP contribution >= 0.6 is 0 Å². The summed E-state index contributed by atoms with van der Waals surface area (Å²) in [6.07, 6.45) is 8.09. The largest absolute Gasteiger partial charge is 0.446 e. The lowest BCUT2D eigenvalue weighted by Crippen LogP contribution is -2.51. The minimum Gasteiger partial charge on any atom is -0.446 e. The Kier molecular flexibility index (Phi) is 2.78. The molecule has 1 saturated heterocycles. The first-order valence-electron chi connectivity index (χ1n) is 8.14. The summed E-state index contributed by atoms with van der Waals surface area (Å²) in [4.78, 5) is 14.2. The number of amides is 1. The van der Waals surface area contributed by atoms with E-state index in [0.717, 1.165) is 31.3 Å². The van der Waals surface area contributed by atoms with Crippen molar-refractivity contribution >= 4 is 6.09 Å². The maximum atomic E-state index is 12.3. The second kappa shape index (κ2) is 4.39. The zero-order valence-corrected chi connectivity index (χ0v) is 11.9. The molecule has 4 aliphatic carbocycles. The zero-order chi connectivity index (χ0) is 13.0. The predicted octanol–water partition coefficient (Wildman–Crippen LogP) is 3.29. The van der Waals surface area contributed by atoms with Crippen molar-refractivity contribution in [2.24, 2.45) is 29.6 Å². The third-order valence-corrected chi connectivity index (χ3v) is 6.06. The van der Waals surface area contributed by atoms with Crippen LogP contribution in [-0.4, -0.2) is 30.2 Å². The fraction of sp³-hybridized carbons (Fsp3) is 0.938. The minimum absolute atomic E-state index is 0.0261. The SMILES string of the molecule is C[C@@H]1CCN(C(=O)OC2C3CC4CC(C3)CC2C4)C1. The standard InChI is InChI=1S/C16H25NO2/c1-10-2-3-17(9-10)16(18)19-15-13-5-11-4-12(7-13)8-14(15)6-11/h10-15H,2-9H2,1H3/t10-,11?,12?,13?,14?,15?/m1/s1. The van der Waals surface area contributed by atoms with Gasteiger partial charge in [-0.05, 0) is 68.1 Å². The van der Waals surface area contributed by atoms with Crippen molar-refractivity contribution in [1.29, 1.82) is 0 Å². The van der Waals surface area contributed by atoms with Gasteiger partial charge in [-0.3, -0.25) is 0 Å². The number of likely N-dealkylation sites (tertiary alicyclic amines) is 1. The van der Waals surface area contributed by atoms with Crippen LogP contribution in [0.25, 0.3) is 0 Å². The molecule has 3 nitrogen and oxygen atoms in total. The van der Waals surface area contributed by atoms with E-state index >= 15 is 0 Å². The zero-order valence-electron chi connectivity index (χ0n) is 11.9. The summed E-state index contributed by atoms with van der Waals surface area (Å²) in [6.45, 7) is 4.01. The Morgan fingerprint density at radius 2 is 1.68 bits per heavy atom. The molecule has 5 rings (SSSR count). The molecule has 4 saturated carbocycles. The van der Waals surface area contributed by atoms with Gasteiger partial charge in [0.25, 0.3) is 0 Å². The molecule has 0 aromatic heterocycles. The maximum Gasteiger partial charge on any atom is 0.410 e. The molecule has 19 heavy (non-hydrogen) atoms. The molecule has 0 radical (unpaired) electrons. The molecule has 5 fully saturated rings. The van der Waals surface area contributed by atoms with E-state index in [9.17, 15) is 4.79 Å². The summed E-state index contributed by atoms with van der Waals surface area (Å²) in [7, 11) is 0. The van der Waals surface area contributed by atoms with Crippen LogP contribution in [0.3, 0.4) is 0 Å². The van der Waals surface area contributed by atoms with E-state index in [0.29, 0.717) is 17.8 Å². The number of hydrogen-bond donors (Lipinski definition) is 0. The highest BCUT2D eigenvalue weighted by Crippen LogP contribution is 2.54. The van der Waals surface area contributed by atoms with Crippen molar-refractivity contribution in [1.82, 2.24) is 4.90 Å². The van der Waals surface area contributed by atoms with E-state index < -0.39 is 0 Å². The first kappa shape index (κ1) is 12.0. The molecule has 1 aliphatic heterocycles. The highest BCUT2D eigenvalue weighted by atomic mass is 16.6. The van der Waals surface area contributed by atoms with Crippen LogP contribution in [0.4, 0.5) is 4.79 Å². The number of hydrogen-bond acceptors (Lipinski definition) is 2. The second-order valence-corrected chi connectivity index (χ2v) is 7.62. The van der Waals surface area contributed by atoms with Gasteiger partial charge in [0, 0.05) is 13.1 Å². The highest BCUT2D eigenvalue weighted by molar-refractivity contribution is 5.68. The monoisotopic (exact) mass is 263 g/mol. The average molecular weight is 263 g/mol. The van der Waals surface area contributed by atoms with E-state index in [1.54, 1.807) is 0 Å². The van der Waals surface area contributed by atoms with E-state index in [1.165, 1.54) is 32.1 Å². The summed E-state index contributed by atoms with van der Waals surface area (Å²) in [5.74, 6) is 3.90. The number of ether oxygens (including phenoxy) is 1. The van der Waals surface area contributed by atoms with Gasteiger partial charge in [-0.2, -0.15) is 0 Å². The summed E-state index contributed by atoms with van der Waals surface area (Å²) in [5, 5.41) is 0. The Balaban J connectivity index is 1.41. The van der Waals surface area contributed by atoms with E-state index in [2.05, 4.69) is 6.92 Å². The Labute approximate surface area is 115 Å². The first-order chi connectivity index (χ1) is 9.19. The Bertz CT molecular complexity index is 353. The Morgan fingerprint density at radius 1 is 1.05 bits per heavy atom. The lowest BCUT2D eigenvalue weighted by atomic mass is 9.55. The maximum absolute atomic E-state index is 12.3. The van der Waals surface area contributed by atoms with Gasteiger partial charge in [-0.1, -0.05) is 6.92 Å². The van der Waals surface area contributed by atoms with Gasteiger partial charge >= 0.3 is 6.09 Å². The number of carbonyl (C=O) groups excluding carboxylic acids is 1. The molecule has 1 atom stereocenters. The van der Waals surface area contributed by atoms with Gasteiger partial charge in [-0.25, -0.2) is 4.79 Å². The van der Waals surface area contributed by atoms with Crippen molar-refractivity contribution < 1.29 is 9.53 Å². The lowest BCUT2D eigenvalue weighted by Gasteiger charge is -2.53. The van der Waals surface area contributed by atoms with Gasteiger partial charge in [0.15, 0.2) is 0 Å². The summed E-state index contributed by atoms with van der Waals surface area (Å²) in [5.41, 5.74) is 0. The molecule has 106 valence electrons. The van der Waals surface area contributed by atoms with Crippen LogP contribution in [0.5, 0.6) is 0 Å². The third-order valence-electron chi connectivity index (χ3n) is 6.06. The molecule has 0 unspecified atom stereocenters. The molecule has 3 heteroatoms. The third kappa shape index (κ3) is 2.05. The topological polar surface area (TPSA) is 29.5 Å². The Hall–Kier alpha value is -0.730. The molecule has 5 aliphatic rings. The van der Waals surface area contributed by atoms with E-state index in [4.69, 9.17) is 4.74 Å². The van der Waals surface area contributed by atoms with Crippen LogP contribution in [0.2, 0.25) is 0 Å². The quantitative estimate of drug-likeness (QED) is 0.726. The Morgan fingerprint density at radius 3 is 2.21 bits per heavy atom. The van der Waals surface area contributed by atoms with Gasteiger partial charge in [0.1, 0.15) is 6.10 Å². The van der Waals surface area contributed by atoms with Crippen molar-refractivity contribution in [2.75, 3.05) is 13.1 Å². The molecule has 0 N–H and O–H groups in total. The van der Waals surface area contributed by atoms with Gasteiger partial charge < -0.3 is 9.64 Å². The van der Waals surface area contributed by atoms with Crippen LogP contribution in [0.1, 0.15) is 45.4 Å². The molecule has 0 aromatic carbocycles. The molecule has 4 bridgehead atoms. The van der Waals surface area contributed by atoms with Crippen LogP contribution in [0.15, 0.2) is 0 Å². The normalized spacial score (nSPS) is 47.7. The van der Waals surface area contributed by atoms with Crippen LogP contribution in [-0.2, 0) is 4.74 Å². The van der Waals surface area contributed by atoms with Crippen molar-refractivity contribution in [3.63, 3.8) is 0 Å². The van der Waals surface area contributed by atoms with Gasteiger partial charge in [0.2, 0.25) is 0 Å². The van der Waals surface area contributed by atoms with Crippen molar-refractivity contribution in [3.05, 3.63) is 0 Å². The summed E-state index contributed by atoms with van der Waals surface area (Å²) < 4.78 is 5.95. The predicted molar refractivity (Wildman–Crippen MR) is 72.7 cm³/mol. The average Bonchev–Trinajstić information content (AvgIpc) is 2.79. The highest BCUT2D eigenvalue weighted by Gasteiger charge is 2.50. The smallest absolute Gasteiger partial charge is 0.410 e. The summed E-state index contributed by atoms with van der Waals surface area (Å²) in [6, 6.07) is 0. The fourth-order valence-corrected chi connectivity index (χ4v) is 5.36. The first-order valence-corrected chi connectivity index (χ1v) is 8.14. The molecular weight excluding hydrogens is 238 g/mol. The van der Waals surface area contributed by atoms with Crippen LogP contribution < -0.4 is 0 Å². The molecule has 0 spiro atoms. The molecule has 1 heterocycles. The van der Waals surface area contributed by atoms with E-state index in [1.807, 2.05) is 4.90 Å². The van der Waals surface area contributed by atoms with Gasteiger partial charge in [0.05, 0.1) is 0 Å². The van der Waals surface area contributed by atoms with E-state index in [-0.39, 0.29) is 12.2 Å². The molecule has 1 amide bonds. The fourth-order valence-electron chi connectivity index (χ4n) is 5.36. The van der Waals surface area contributed by atoms with Crippen LogP contribution in [0, 0.1) is 29.6 Å². The molecular formula is C16H25NO2. The number of carbonyl (C=O) groups is 1. The minimum atomic E-state index is -0.0261.